The maximum Gasteiger partial charge on any atom is 0.310 e. The Kier molecular flexibility index (Phi) is 3.55. The molecule has 1 aromatic carbocycles. The molecule has 0 saturated carbocycles. The normalized spacial score (nSPS) is 18.6. The van der Waals surface area contributed by atoms with Gasteiger partial charge in [-0.15, -0.1) is 0 Å². The van der Waals surface area contributed by atoms with Gasteiger partial charge in [0.2, 0.25) is 0 Å². The Hall–Kier alpha value is -2.78. The third-order valence-corrected chi connectivity index (χ3v) is 5.27. The van der Waals surface area contributed by atoms with Crippen molar-refractivity contribution in [3.63, 3.8) is 0 Å². The highest BCUT2D eigenvalue weighted by Gasteiger charge is 2.43. The lowest BCUT2D eigenvalue weighted by molar-refractivity contribution is -0.138. The first kappa shape index (κ1) is 15.7. The number of nitrogens with one attached hydrogen (secondary N) is 1. The van der Waals surface area contributed by atoms with Gasteiger partial charge in [-0.2, -0.15) is 5.26 Å². The largest absolute Gasteiger partial charge is 0.481 e. The number of aromatic nitrogens is 1. The molecule has 2 N–H and O–H groups in total. The molecule has 25 heavy (non-hydrogen) atoms. The van der Waals surface area contributed by atoms with Gasteiger partial charge < -0.3 is 15.2 Å². The summed E-state index contributed by atoms with van der Waals surface area (Å²) in [4.78, 5) is 11.3. The van der Waals surface area contributed by atoms with Gasteiger partial charge >= 0.3 is 5.97 Å². The number of fused-ring (bicyclic) bond motifs is 4. The third kappa shape index (κ3) is 2.31. The molecule has 3 heterocycles. The summed E-state index contributed by atoms with van der Waals surface area (Å²) in [6.45, 7) is 3.34. The zero-order valence-electron chi connectivity index (χ0n) is 14.0. The molecule has 4 rings (SSSR count). The maximum atomic E-state index is 11.3. The first-order chi connectivity index (χ1) is 12.1. The molecule has 1 aromatic heterocycles. The van der Waals surface area contributed by atoms with Crippen molar-refractivity contribution in [3.8, 4) is 17.5 Å². The topological polar surface area (TPSA) is 87.3 Å². The number of hydrogen-bond acceptors (Lipinski definition) is 4. The molecule has 2 aromatic rings. The second-order valence-corrected chi connectivity index (χ2v) is 6.68. The molecule has 2 aliphatic heterocycles. The first-order valence-corrected chi connectivity index (χ1v) is 8.45. The lowest BCUT2D eigenvalue weighted by Crippen LogP contribution is -2.47. The smallest absolute Gasteiger partial charge is 0.310 e. The number of ether oxygens (including phenoxy) is 1. The summed E-state index contributed by atoms with van der Waals surface area (Å²) < 4.78 is 8.41. The number of benzene rings is 1. The predicted molar refractivity (Wildman–Crippen MR) is 90.9 cm³/mol. The summed E-state index contributed by atoms with van der Waals surface area (Å²) in [5.74, 6) is -0.834. The Morgan fingerprint density at radius 2 is 2.12 bits per heavy atom. The van der Waals surface area contributed by atoms with E-state index in [9.17, 15) is 15.2 Å². The number of piperidine rings is 1. The van der Waals surface area contributed by atoms with Gasteiger partial charge in [0.1, 0.15) is 17.5 Å². The van der Waals surface area contributed by atoms with Gasteiger partial charge in [0, 0.05) is 12.8 Å². The molecule has 6 heteroatoms. The van der Waals surface area contributed by atoms with Gasteiger partial charge in [-0.3, -0.25) is 9.36 Å². The highest BCUT2D eigenvalue weighted by atomic mass is 16.5. The molecule has 6 nitrogen and oxygen atoms in total. The molecule has 0 aliphatic carbocycles. The van der Waals surface area contributed by atoms with Crippen molar-refractivity contribution >= 4 is 5.97 Å². The minimum Gasteiger partial charge on any atom is -0.481 e. The second-order valence-electron chi connectivity index (χ2n) is 6.68. The van der Waals surface area contributed by atoms with Gasteiger partial charge in [0.05, 0.1) is 17.3 Å². The van der Waals surface area contributed by atoms with Crippen LogP contribution in [0.5, 0.6) is 5.75 Å². The molecular formula is C19H19N3O3. The van der Waals surface area contributed by atoms with Crippen molar-refractivity contribution in [2.24, 2.45) is 0 Å². The van der Waals surface area contributed by atoms with Gasteiger partial charge in [0.25, 0.3) is 0 Å². The number of aliphatic carboxylic acids is 1. The third-order valence-electron chi connectivity index (χ3n) is 5.27. The van der Waals surface area contributed by atoms with Crippen molar-refractivity contribution in [2.75, 3.05) is 13.1 Å². The molecule has 1 spiro atoms. The van der Waals surface area contributed by atoms with Crippen LogP contribution in [0, 0.1) is 11.3 Å². The molecule has 128 valence electrons. The van der Waals surface area contributed by atoms with E-state index in [4.69, 9.17) is 4.74 Å². The molecule has 0 bridgehead atoms. The van der Waals surface area contributed by atoms with Crippen molar-refractivity contribution in [1.29, 1.82) is 5.26 Å². The molecule has 2 aliphatic rings. The van der Waals surface area contributed by atoms with E-state index in [0.717, 1.165) is 37.3 Å². The number of rotatable bonds is 2. The van der Waals surface area contributed by atoms with E-state index < -0.39 is 17.5 Å². The Bertz CT molecular complexity index is 888. The van der Waals surface area contributed by atoms with Crippen LogP contribution in [0.2, 0.25) is 0 Å². The summed E-state index contributed by atoms with van der Waals surface area (Å²) in [5, 5.41) is 22.1. The van der Waals surface area contributed by atoms with Crippen molar-refractivity contribution < 1.29 is 14.6 Å². The van der Waals surface area contributed by atoms with E-state index in [0.29, 0.717) is 17.0 Å². The number of carboxylic acid groups (broad SMARTS) is 1. The highest BCUT2D eigenvalue weighted by molar-refractivity contribution is 5.76. The number of carbonyl (C=O) groups is 1. The maximum absolute atomic E-state index is 11.3. The predicted octanol–water partition coefficient (Wildman–Crippen LogP) is 2.51. The van der Waals surface area contributed by atoms with Crippen LogP contribution in [0.1, 0.15) is 42.6 Å². The molecule has 1 fully saturated rings. The lowest BCUT2D eigenvalue weighted by Gasteiger charge is -2.42. The highest BCUT2D eigenvalue weighted by Crippen LogP contribution is 2.45. The molecule has 1 unspecified atom stereocenters. The van der Waals surface area contributed by atoms with E-state index in [-0.39, 0.29) is 0 Å². The molecule has 0 amide bonds. The zero-order chi connectivity index (χ0) is 17.6. The fraction of sp³-hybridized carbons (Fsp3) is 0.368. The van der Waals surface area contributed by atoms with E-state index in [1.807, 2.05) is 28.8 Å². The van der Waals surface area contributed by atoms with Crippen LogP contribution in [-0.2, 0) is 10.4 Å². The first-order valence-electron chi connectivity index (χ1n) is 8.45. The van der Waals surface area contributed by atoms with Gasteiger partial charge in [-0.1, -0.05) is 6.07 Å². The van der Waals surface area contributed by atoms with Crippen molar-refractivity contribution in [3.05, 3.63) is 47.3 Å². The number of hydrogen-bond donors (Lipinski definition) is 2. The Labute approximate surface area is 145 Å². The Morgan fingerprint density at radius 1 is 1.36 bits per heavy atom. The minimum absolute atomic E-state index is 0.474. The summed E-state index contributed by atoms with van der Waals surface area (Å²) in [7, 11) is 0. The van der Waals surface area contributed by atoms with Crippen LogP contribution >= 0.6 is 0 Å². The lowest BCUT2D eigenvalue weighted by atomic mass is 9.87. The van der Waals surface area contributed by atoms with Gasteiger partial charge in [-0.05, 0) is 49.8 Å². The number of carboxylic acids is 1. The standard InChI is InChI=1S/C19H19N3O3/c1-12(18(23)24)13-2-4-15-16(10-13)25-19(6-8-21-9-7-19)17-5-3-14(11-20)22(15)17/h2-5,10,12,21H,6-9H2,1H3,(H,23,24). The van der Waals surface area contributed by atoms with Gasteiger partial charge in [0.15, 0.2) is 5.60 Å². The molecule has 0 radical (unpaired) electrons. The number of nitrogens with zero attached hydrogens (tertiary/aromatic N) is 2. The van der Waals surface area contributed by atoms with Crippen LogP contribution < -0.4 is 10.1 Å². The molecule has 1 atom stereocenters. The average molecular weight is 337 g/mol. The van der Waals surface area contributed by atoms with E-state index >= 15 is 0 Å². The zero-order valence-corrected chi connectivity index (χ0v) is 14.0. The molecule has 1 saturated heterocycles. The summed E-state index contributed by atoms with van der Waals surface area (Å²) in [5.41, 5.74) is 2.58. The molecular weight excluding hydrogens is 318 g/mol. The van der Waals surface area contributed by atoms with Gasteiger partial charge in [-0.25, -0.2) is 0 Å². The minimum atomic E-state index is -0.869. The fourth-order valence-corrected chi connectivity index (χ4v) is 3.80. The quantitative estimate of drug-likeness (QED) is 0.879. The summed E-state index contributed by atoms with van der Waals surface area (Å²) in [6.07, 6.45) is 1.61. The van der Waals surface area contributed by atoms with E-state index in [2.05, 4.69) is 11.4 Å². The van der Waals surface area contributed by atoms with Crippen LogP contribution in [0.15, 0.2) is 30.3 Å². The van der Waals surface area contributed by atoms with E-state index in [1.165, 1.54) is 0 Å². The van der Waals surface area contributed by atoms with Crippen LogP contribution in [0.4, 0.5) is 0 Å². The van der Waals surface area contributed by atoms with Crippen molar-refractivity contribution in [1.82, 2.24) is 9.88 Å². The average Bonchev–Trinajstić information content (AvgIpc) is 3.06. The number of nitriles is 1. The van der Waals surface area contributed by atoms with Crippen LogP contribution in [0.3, 0.4) is 0 Å². The summed E-state index contributed by atoms with van der Waals surface area (Å²) >= 11 is 0. The monoisotopic (exact) mass is 337 g/mol. The van der Waals surface area contributed by atoms with Crippen LogP contribution in [0.25, 0.3) is 5.69 Å². The Morgan fingerprint density at radius 3 is 2.80 bits per heavy atom. The van der Waals surface area contributed by atoms with Crippen molar-refractivity contribution in [2.45, 2.75) is 31.3 Å². The Balaban J connectivity index is 1.89. The van der Waals surface area contributed by atoms with Crippen LogP contribution in [-0.4, -0.2) is 28.7 Å². The summed E-state index contributed by atoms with van der Waals surface area (Å²) in [6, 6.07) is 11.5. The van der Waals surface area contributed by atoms with E-state index in [1.54, 1.807) is 13.0 Å². The second kappa shape index (κ2) is 5.64. The SMILES string of the molecule is CC(C(=O)O)c1ccc2c(c1)OC1(CCNCC1)c1ccc(C#N)n1-2. The fourth-order valence-electron chi connectivity index (χ4n) is 3.80.